The minimum Gasteiger partial charge on any atom is -0.336 e. The van der Waals surface area contributed by atoms with Crippen LogP contribution in [0.4, 0.5) is 5.95 Å². The van der Waals surface area contributed by atoms with Gasteiger partial charge in [-0.15, -0.1) is 0 Å². The van der Waals surface area contributed by atoms with Gasteiger partial charge in [0.2, 0.25) is 5.95 Å². The van der Waals surface area contributed by atoms with Crippen molar-refractivity contribution in [2.24, 2.45) is 0 Å². The molecule has 1 saturated heterocycles. The molecule has 0 spiro atoms. The third-order valence-corrected chi connectivity index (χ3v) is 7.04. The van der Waals surface area contributed by atoms with E-state index in [0.717, 1.165) is 15.6 Å². The van der Waals surface area contributed by atoms with Crippen LogP contribution in [0.25, 0.3) is 5.69 Å². The van der Waals surface area contributed by atoms with Gasteiger partial charge in [-0.25, -0.2) is 4.98 Å². The van der Waals surface area contributed by atoms with Crippen molar-refractivity contribution < 1.29 is 4.79 Å². The number of pyridine rings is 1. The zero-order valence-corrected chi connectivity index (χ0v) is 19.9. The lowest BCUT2D eigenvalue weighted by Crippen LogP contribution is -2.49. The van der Waals surface area contributed by atoms with Gasteiger partial charge in [-0.1, -0.05) is 52.8 Å². The van der Waals surface area contributed by atoms with Gasteiger partial charge < -0.3 is 9.80 Å². The summed E-state index contributed by atoms with van der Waals surface area (Å²) in [5.74, 6) is 0.688. The van der Waals surface area contributed by atoms with Crippen LogP contribution < -0.4 is 4.90 Å². The van der Waals surface area contributed by atoms with E-state index in [2.05, 4.69) is 57.5 Å². The summed E-state index contributed by atoms with van der Waals surface area (Å²) in [6.07, 6.45) is 1.74. The maximum absolute atomic E-state index is 13.4. The molecule has 2 aromatic heterocycles. The zero-order chi connectivity index (χ0) is 23.5. The van der Waals surface area contributed by atoms with E-state index in [4.69, 9.17) is 0 Å². The van der Waals surface area contributed by atoms with Crippen LogP contribution in [0.1, 0.15) is 21.5 Å². The Hall–Kier alpha value is -3.72. The molecule has 0 N–H and O–H groups in total. The zero-order valence-electron chi connectivity index (χ0n) is 19.1. The first kappa shape index (κ1) is 22.1. The van der Waals surface area contributed by atoms with Crippen LogP contribution in [-0.2, 0) is 0 Å². The van der Waals surface area contributed by atoms with Crippen molar-refractivity contribution in [1.82, 2.24) is 30.1 Å². The number of rotatable bonds is 5. The van der Waals surface area contributed by atoms with Gasteiger partial charge in [0.15, 0.2) is 0 Å². The molecule has 0 atom stereocenters. The van der Waals surface area contributed by atoms with Gasteiger partial charge in [0.25, 0.3) is 5.91 Å². The van der Waals surface area contributed by atoms with Crippen molar-refractivity contribution >= 4 is 23.6 Å². The van der Waals surface area contributed by atoms with Gasteiger partial charge >= 0.3 is 0 Å². The van der Waals surface area contributed by atoms with Gasteiger partial charge in [0.1, 0.15) is 5.03 Å². The third kappa shape index (κ3) is 4.51. The van der Waals surface area contributed by atoms with Crippen LogP contribution in [0.5, 0.6) is 0 Å². The van der Waals surface area contributed by atoms with E-state index in [-0.39, 0.29) is 5.91 Å². The van der Waals surface area contributed by atoms with E-state index in [9.17, 15) is 4.79 Å². The summed E-state index contributed by atoms with van der Waals surface area (Å²) in [5, 5.41) is 13.0. The first-order valence-electron chi connectivity index (χ1n) is 11.2. The fourth-order valence-electron chi connectivity index (χ4n) is 4.05. The van der Waals surface area contributed by atoms with Gasteiger partial charge in [0.05, 0.1) is 11.3 Å². The van der Waals surface area contributed by atoms with Gasteiger partial charge in [-0.05, 0) is 60.2 Å². The summed E-state index contributed by atoms with van der Waals surface area (Å²) < 4.78 is 1.73. The minimum atomic E-state index is 0.00247. The Morgan fingerprint density at radius 2 is 1.74 bits per heavy atom. The average Bonchev–Trinajstić information content (AvgIpc) is 3.36. The Kier molecular flexibility index (Phi) is 6.27. The van der Waals surface area contributed by atoms with E-state index in [0.29, 0.717) is 37.7 Å². The molecule has 0 saturated carbocycles. The molecule has 34 heavy (non-hydrogen) atoms. The maximum atomic E-state index is 13.4. The number of tetrazole rings is 1. The highest BCUT2D eigenvalue weighted by Crippen LogP contribution is 2.32. The highest BCUT2D eigenvalue weighted by Gasteiger charge is 2.27. The van der Waals surface area contributed by atoms with Gasteiger partial charge in [-0.2, -0.15) is 4.68 Å². The summed E-state index contributed by atoms with van der Waals surface area (Å²) in [5.41, 5.74) is 3.94. The smallest absolute Gasteiger partial charge is 0.256 e. The first-order valence-corrected chi connectivity index (χ1v) is 12.0. The van der Waals surface area contributed by atoms with Crippen LogP contribution >= 0.6 is 11.8 Å². The molecule has 172 valence electrons. The second-order valence-corrected chi connectivity index (χ2v) is 9.26. The number of aromatic nitrogens is 5. The number of amides is 1. The van der Waals surface area contributed by atoms with Crippen LogP contribution in [0.15, 0.2) is 76.8 Å². The molecule has 1 fully saturated rings. The summed E-state index contributed by atoms with van der Waals surface area (Å²) in [6.45, 7) is 6.64. The number of aryl methyl sites for hydroxylation is 2. The predicted octanol–water partition coefficient (Wildman–Crippen LogP) is 3.79. The number of carbonyl (C=O) groups excluding carboxylic acids is 1. The molecule has 0 aliphatic carbocycles. The first-order chi connectivity index (χ1) is 16.6. The fourth-order valence-corrected chi connectivity index (χ4v) is 4.99. The number of hydrogen-bond acceptors (Lipinski definition) is 7. The number of anilines is 1. The van der Waals surface area contributed by atoms with E-state index >= 15 is 0 Å². The summed E-state index contributed by atoms with van der Waals surface area (Å²) in [6, 6.07) is 19.8. The molecule has 5 rings (SSSR count). The van der Waals surface area contributed by atoms with Crippen LogP contribution in [0.2, 0.25) is 0 Å². The van der Waals surface area contributed by atoms with Crippen molar-refractivity contribution in [3.8, 4) is 5.69 Å². The third-order valence-electron chi connectivity index (χ3n) is 5.84. The molecule has 9 heteroatoms. The number of hydrogen-bond donors (Lipinski definition) is 0. The molecule has 1 amide bonds. The van der Waals surface area contributed by atoms with Crippen molar-refractivity contribution in [2.75, 3.05) is 31.1 Å². The molecule has 2 aromatic carbocycles. The Morgan fingerprint density at radius 1 is 0.941 bits per heavy atom. The van der Waals surface area contributed by atoms with E-state index in [1.165, 1.54) is 11.1 Å². The summed E-state index contributed by atoms with van der Waals surface area (Å²) in [7, 11) is 0. The highest BCUT2D eigenvalue weighted by atomic mass is 32.2. The quantitative estimate of drug-likeness (QED) is 0.438. The summed E-state index contributed by atoms with van der Waals surface area (Å²) >= 11 is 1.54. The Labute approximate surface area is 202 Å². The molecule has 4 aromatic rings. The number of nitrogens with zero attached hydrogens (tertiary/aromatic N) is 7. The molecule has 0 radical (unpaired) electrons. The van der Waals surface area contributed by atoms with Gasteiger partial charge in [-0.3, -0.25) is 4.79 Å². The molecule has 1 aliphatic heterocycles. The minimum absolute atomic E-state index is 0.00247. The van der Waals surface area contributed by atoms with E-state index in [1.807, 2.05) is 47.4 Å². The van der Waals surface area contributed by atoms with E-state index in [1.54, 1.807) is 22.6 Å². The molecular formula is C25H25N7OS. The average molecular weight is 472 g/mol. The Morgan fingerprint density at radius 3 is 2.50 bits per heavy atom. The van der Waals surface area contributed by atoms with Gasteiger partial charge in [0, 0.05) is 37.3 Å². The van der Waals surface area contributed by atoms with Crippen molar-refractivity contribution in [2.45, 2.75) is 23.8 Å². The van der Waals surface area contributed by atoms with Crippen LogP contribution in [0.3, 0.4) is 0 Å². The largest absolute Gasteiger partial charge is 0.336 e. The van der Waals surface area contributed by atoms with Crippen LogP contribution in [0, 0.1) is 13.8 Å². The monoisotopic (exact) mass is 471 g/mol. The predicted molar refractivity (Wildman–Crippen MR) is 132 cm³/mol. The SMILES string of the molecule is Cc1ccc(Sc2ncccc2C(=O)N2CCN(c3nnnn3-c3ccccc3)CC2)c(C)c1. The lowest BCUT2D eigenvalue weighted by Gasteiger charge is -2.35. The topological polar surface area (TPSA) is 80.0 Å². The fraction of sp³-hybridized carbons (Fsp3) is 0.240. The second kappa shape index (κ2) is 9.64. The van der Waals surface area contributed by atoms with Crippen molar-refractivity contribution in [3.05, 3.63) is 83.6 Å². The standard InChI is InChI=1S/C25H25N7OS/c1-18-10-11-22(19(2)17-18)34-23-21(9-6-12-26-23)24(33)30-13-15-31(16-14-30)25-27-28-29-32(25)20-7-4-3-5-8-20/h3-12,17H,13-16H2,1-2H3. The molecule has 3 heterocycles. The highest BCUT2D eigenvalue weighted by molar-refractivity contribution is 7.99. The lowest BCUT2D eigenvalue weighted by atomic mass is 10.2. The van der Waals surface area contributed by atoms with Crippen LogP contribution in [-0.4, -0.2) is 62.2 Å². The van der Waals surface area contributed by atoms with Crippen molar-refractivity contribution in [1.29, 1.82) is 0 Å². The molecule has 0 bridgehead atoms. The van der Waals surface area contributed by atoms with Crippen molar-refractivity contribution in [3.63, 3.8) is 0 Å². The molecule has 0 unspecified atom stereocenters. The number of benzene rings is 2. The number of para-hydroxylation sites is 1. The Balaban J connectivity index is 1.30. The maximum Gasteiger partial charge on any atom is 0.256 e. The second-order valence-electron chi connectivity index (χ2n) is 8.23. The molecule has 1 aliphatic rings. The summed E-state index contributed by atoms with van der Waals surface area (Å²) in [4.78, 5) is 23.1. The normalized spacial score (nSPS) is 13.8. The number of carbonyl (C=O) groups is 1. The van der Waals surface area contributed by atoms with E-state index < -0.39 is 0 Å². The Bertz CT molecular complexity index is 1300. The molecular weight excluding hydrogens is 446 g/mol. The lowest BCUT2D eigenvalue weighted by molar-refractivity contribution is 0.0741. The molecule has 8 nitrogen and oxygen atoms in total. The number of piperazine rings is 1.